The van der Waals surface area contributed by atoms with Crippen LogP contribution in [0.2, 0.25) is 0 Å². The van der Waals surface area contributed by atoms with E-state index in [9.17, 15) is 19.5 Å². The number of carboxylic acid groups (broad SMARTS) is 1. The van der Waals surface area contributed by atoms with Crippen molar-refractivity contribution >= 4 is 40.8 Å². The lowest BCUT2D eigenvalue weighted by Crippen LogP contribution is -2.60. The zero-order valence-electron chi connectivity index (χ0n) is 12.5. The van der Waals surface area contributed by atoms with E-state index in [1.807, 2.05) is 0 Å². The van der Waals surface area contributed by atoms with Gasteiger partial charge in [-0.3, -0.25) is 14.5 Å². The second kappa shape index (κ2) is 6.17. The summed E-state index contributed by atoms with van der Waals surface area (Å²) in [5, 5.41) is 20.8. The summed E-state index contributed by atoms with van der Waals surface area (Å²) in [6.07, 6.45) is -1.80. The number of thioether (sulfide) groups is 1. The Balaban J connectivity index is 1.95. The largest absolute Gasteiger partial charge is 0.512 e. The van der Waals surface area contributed by atoms with E-state index < -0.39 is 23.6 Å². The summed E-state index contributed by atoms with van der Waals surface area (Å²) in [5.74, 6) is -1.01. The summed E-state index contributed by atoms with van der Waals surface area (Å²) in [5.41, 5.74) is 1.23. The van der Waals surface area contributed by atoms with Crippen LogP contribution in [-0.2, 0) is 14.3 Å². The van der Waals surface area contributed by atoms with Crippen LogP contribution in [0.4, 0.5) is 10.5 Å². The van der Waals surface area contributed by atoms with Gasteiger partial charge >= 0.3 is 6.16 Å². The molecule has 9 heteroatoms. The monoisotopic (exact) mass is 350 g/mol. The van der Waals surface area contributed by atoms with Gasteiger partial charge < -0.3 is 20.3 Å². The molecule has 3 rings (SSSR count). The van der Waals surface area contributed by atoms with Gasteiger partial charge in [0.1, 0.15) is 5.37 Å². The van der Waals surface area contributed by atoms with Gasteiger partial charge in [-0.05, 0) is 24.6 Å². The highest BCUT2D eigenvalue weighted by Crippen LogP contribution is 2.53. The predicted molar refractivity (Wildman–Crippen MR) is 85.6 cm³/mol. The summed E-state index contributed by atoms with van der Waals surface area (Å²) in [6.45, 7) is 1.52. The maximum Gasteiger partial charge on any atom is 0.512 e. The first kappa shape index (κ1) is 16.3. The molecule has 0 unspecified atom stereocenters. The van der Waals surface area contributed by atoms with E-state index in [1.54, 1.807) is 24.3 Å². The zero-order valence-corrected chi connectivity index (χ0v) is 13.3. The number of benzene rings is 1. The number of nitrogens with zero attached hydrogens (tertiary/aromatic N) is 1. The molecule has 2 aliphatic heterocycles. The Bertz CT molecular complexity index is 730. The number of carbonyl (C=O) groups excluding carboxylic acids is 2. The van der Waals surface area contributed by atoms with Gasteiger partial charge in [0.2, 0.25) is 18.2 Å². The molecule has 2 aliphatic rings. The molecule has 3 atom stereocenters. The first-order valence-electron chi connectivity index (χ1n) is 7.07. The van der Waals surface area contributed by atoms with Gasteiger partial charge in [-0.1, -0.05) is 23.9 Å². The lowest BCUT2D eigenvalue weighted by Gasteiger charge is -2.43. The minimum atomic E-state index is -1.52. The molecule has 1 aromatic rings. The number of β-lactam (4-membered cyclic amide) rings is 1. The van der Waals surface area contributed by atoms with Crippen molar-refractivity contribution in [3.05, 3.63) is 35.7 Å². The molecule has 3 N–H and O–H groups in total. The lowest BCUT2D eigenvalue weighted by molar-refractivity contribution is -0.155. The Morgan fingerprint density at radius 3 is 2.62 bits per heavy atom. The zero-order chi connectivity index (χ0) is 17.4. The lowest BCUT2D eigenvalue weighted by atomic mass is 9.93. The molecule has 0 aromatic heterocycles. The molecule has 24 heavy (non-hydrogen) atoms. The third kappa shape index (κ3) is 2.61. The van der Waals surface area contributed by atoms with Crippen molar-refractivity contribution in [1.29, 1.82) is 0 Å². The molecular formula is C15H14N2O6S. The number of anilines is 1. The topological polar surface area (TPSA) is 116 Å². The number of rotatable bonds is 5. The highest BCUT2D eigenvalue weighted by atomic mass is 32.2. The first-order valence-corrected chi connectivity index (χ1v) is 7.95. The average Bonchev–Trinajstić information content (AvgIpc) is 2.81. The van der Waals surface area contributed by atoms with Crippen molar-refractivity contribution in [3.8, 4) is 0 Å². The molecule has 1 saturated heterocycles. The maximum atomic E-state index is 12.2. The van der Waals surface area contributed by atoms with Crippen molar-refractivity contribution in [2.45, 2.75) is 18.4 Å². The molecule has 0 spiro atoms. The summed E-state index contributed by atoms with van der Waals surface area (Å²) >= 11 is 1.27. The number of ether oxygens (including phenoxy) is 1. The molecule has 0 radical (unpaired) electrons. The van der Waals surface area contributed by atoms with Gasteiger partial charge in [0.05, 0.1) is 16.9 Å². The SMILES string of the molecule is C[C@@H](O)[C@H]1C(=O)N2C(OC(=O)O)=C(c3ccc(NC=O)cc3)S[C@H]12. The minimum Gasteiger partial charge on any atom is -0.449 e. The normalized spacial score (nSPS) is 23.4. The highest BCUT2D eigenvalue weighted by molar-refractivity contribution is 8.09. The Labute approximate surface area is 141 Å². The van der Waals surface area contributed by atoms with Crippen LogP contribution < -0.4 is 5.32 Å². The van der Waals surface area contributed by atoms with Gasteiger partial charge in [0.25, 0.3) is 0 Å². The van der Waals surface area contributed by atoms with Crippen molar-refractivity contribution in [3.63, 3.8) is 0 Å². The van der Waals surface area contributed by atoms with Gasteiger partial charge in [-0.15, -0.1) is 0 Å². The number of aliphatic hydroxyl groups excluding tert-OH is 1. The number of hydrogen-bond donors (Lipinski definition) is 3. The molecule has 2 amide bonds. The van der Waals surface area contributed by atoms with Crippen LogP contribution in [-0.4, -0.2) is 45.1 Å². The van der Waals surface area contributed by atoms with Crippen LogP contribution in [0.5, 0.6) is 0 Å². The Morgan fingerprint density at radius 2 is 2.08 bits per heavy atom. The molecule has 0 aliphatic carbocycles. The van der Waals surface area contributed by atoms with Crippen LogP contribution in [0, 0.1) is 5.92 Å². The maximum absolute atomic E-state index is 12.2. The Morgan fingerprint density at radius 1 is 1.42 bits per heavy atom. The number of hydrogen-bond acceptors (Lipinski definition) is 6. The van der Waals surface area contributed by atoms with Crippen LogP contribution in [0.15, 0.2) is 30.1 Å². The van der Waals surface area contributed by atoms with Gasteiger partial charge in [0, 0.05) is 5.69 Å². The van der Waals surface area contributed by atoms with E-state index in [-0.39, 0.29) is 11.8 Å². The second-order valence-electron chi connectivity index (χ2n) is 5.32. The molecule has 126 valence electrons. The number of carbonyl (C=O) groups is 3. The molecular weight excluding hydrogens is 336 g/mol. The third-order valence-corrected chi connectivity index (χ3v) is 5.20. The number of fused-ring (bicyclic) bond motifs is 1. The fourth-order valence-electron chi connectivity index (χ4n) is 2.71. The van der Waals surface area contributed by atoms with Crippen LogP contribution in [0.1, 0.15) is 12.5 Å². The highest BCUT2D eigenvalue weighted by Gasteiger charge is 2.57. The van der Waals surface area contributed by atoms with E-state index in [2.05, 4.69) is 5.32 Å². The smallest absolute Gasteiger partial charge is 0.449 e. The summed E-state index contributed by atoms with van der Waals surface area (Å²) in [6, 6.07) is 6.68. The fourth-order valence-corrected chi connectivity index (χ4v) is 4.26. The fraction of sp³-hybridized carbons (Fsp3) is 0.267. The van der Waals surface area contributed by atoms with E-state index in [0.717, 1.165) is 0 Å². The summed E-state index contributed by atoms with van der Waals surface area (Å²) < 4.78 is 4.82. The molecule has 0 bridgehead atoms. The van der Waals surface area contributed by atoms with E-state index >= 15 is 0 Å². The van der Waals surface area contributed by atoms with E-state index in [1.165, 1.54) is 23.6 Å². The molecule has 1 fully saturated rings. The van der Waals surface area contributed by atoms with E-state index in [4.69, 9.17) is 9.84 Å². The molecule has 8 nitrogen and oxygen atoms in total. The third-order valence-electron chi connectivity index (χ3n) is 3.81. The average molecular weight is 350 g/mol. The number of aliphatic hydroxyl groups is 1. The van der Waals surface area contributed by atoms with E-state index in [0.29, 0.717) is 22.6 Å². The van der Waals surface area contributed by atoms with Crippen molar-refractivity contribution in [1.82, 2.24) is 4.90 Å². The number of amides is 2. The summed E-state index contributed by atoms with van der Waals surface area (Å²) in [4.78, 5) is 35.3. The Kier molecular flexibility index (Phi) is 4.20. The quantitative estimate of drug-likeness (QED) is 0.418. The standard InChI is InChI=1S/C15H14N2O6S/c1-7(19)10-12(20)17-13(23-15(21)22)11(24-14(10)17)8-2-4-9(5-3-8)16-6-18/h2-7,10,14,19H,1H3,(H,16,18)(H,21,22)/t7-,10+,14-/m1/s1. The van der Waals surface area contributed by atoms with Crippen molar-refractivity contribution in [2.24, 2.45) is 5.92 Å². The second-order valence-corrected chi connectivity index (χ2v) is 6.45. The van der Waals surface area contributed by atoms with Gasteiger partial charge in [-0.2, -0.15) is 0 Å². The van der Waals surface area contributed by atoms with Gasteiger partial charge in [0.15, 0.2) is 0 Å². The predicted octanol–water partition coefficient (Wildman–Crippen LogP) is 1.49. The minimum absolute atomic E-state index is 0.0458. The molecule has 0 saturated carbocycles. The van der Waals surface area contributed by atoms with Crippen LogP contribution in [0.25, 0.3) is 4.91 Å². The van der Waals surface area contributed by atoms with Crippen LogP contribution in [0.3, 0.4) is 0 Å². The van der Waals surface area contributed by atoms with Crippen molar-refractivity contribution < 1.29 is 29.3 Å². The van der Waals surface area contributed by atoms with Crippen molar-refractivity contribution in [2.75, 3.05) is 5.32 Å². The summed E-state index contributed by atoms with van der Waals surface area (Å²) in [7, 11) is 0. The first-order chi connectivity index (χ1) is 11.4. The number of nitrogens with one attached hydrogen (secondary N) is 1. The molecule has 2 heterocycles. The van der Waals surface area contributed by atoms with Gasteiger partial charge in [-0.25, -0.2) is 4.79 Å². The van der Waals surface area contributed by atoms with Crippen LogP contribution >= 0.6 is 11.8 Å². The Hall–Kier alpha value is -2.52. The molecule has 1 aromatic carbocycles.